The van der Waals surface area contributed by atoms with Gasteiger partial charge < -0.3 is 10.6 Å². The molecule has 0 aliphatic carbocycles. The maximum absolute atomic E-state index is 11.8. The lowest BCUT2D eigenvalue weighted by atomic mass is 10.2. The Bertz CT molecular complexity index is 696. The van der Waals surface area contributed by atoms with Gasteiger partial charge in [-0.3, -0.25) is 14.4 Å². The molecule has 0 bridgehead atoms. The van der Waals surface area contributed by atoms with Crippen molar-refractivity contribution in [2.75, 3.05) is 11.9 Å². The van der Waals surface area contributed by atoms with Gasteiger partial charge in [-0.25, -0.2) is 4.98 Å². The van der Waals surface area contributed by atoms with Crippen molar-refractivity contribution in [3.05, 3.63) is 46.3 Å². The quantitative estimate of drug-likeness (QED) is 0.720. The Morgan fingerprint density at radius 3 is 2.58 bits per heavy atom. The van der Waals surface area contributed by atoms with Crippen LogP contribution in [0, 0.1) is 6.92 Å². The summed E-state index contributed by atoms with van der Waals surface area (Å²) in [4.78, 5) is 40.0. The number of carbonyl (C=O) groups is 3. The molecule has 126 valence electrons. The number of nitrogens with zero attached hydrogens (tertiary/aromatic N) is 1. The molecule has 2 aromatic rings. The van der Waals surface area contributed by atoms with Crippen LogP contribution >= 0.6 is 11.3 Å². The van der Waals surface area contributed by atoms with Crippen molar-refractivity contribution in [3.63, 3.8) is 0 Å². The van der Waals surface area contributed by atoms with E-state index in [9.17, 15) is 14.4 Å². The van der Waals surface area contributed by atoms with Crippen LogP contribution in [-0.2, 0) is 9.59 Å². The highest BCUT2D eigenvalue weighted by Crippen LogP contribution is 2.12. The van der Waals surface area contributed by atoms with Crippen LogP contribution in [0.1, 0.15) is 34.5 Å². The summed E-state index contributed by atoms with van der Waals surface area (Å²) in [5.41, 5.74) is 1.01. The van der Waals surface area contributed by atoms with Crippen LogP contribution in [0.4, 0.5) is 5.82 Å². The van der Waals surface area contributed by atoms with Crippen molar-refractivity contribution in [1.82, 2.24) is 10.3 Å². The van der Waals surface area contributed by atoms with Crippen LogP contribution in [0.3, 0.4) is 0 Å². The summed E-state index contributed by atoms with van der Waals surface area (Å²) in [7, 11) is 0. The largest absolute Gasteiger partial charge is 0.356 e. The molecule has 7 heteroatoms. The number of amides is 2. The molecule has 24 heavy (non-hydrogen) atoms. The number of thiophene rings is 1. The number of Topliss-reactive ketones (excluding diaryl/α,β-unsaturated/α-hetero) is 1. The van der Waals surface area contributed by atoms with Crippen molar-refractivity contribution >= 4 is 34.8 Å². The Morgan fingerprint density at radius 1 is 1.08 bits per heavy atom. The van der Waals surface area contributed by atoms with Crippen molar-refractivity contribution in [3.8, 4) is 0 Å². The number of carbonyl (C=O) groups excluding carboxylic acids is 3. The topological polar surface area (TPSA) is 88.2 Å². The fraction of sp³-hybridized carbons (Fsp3) is 0.294. The minimum Gasteiger partial charge on any atom is -0.356 e. The van der Waals surface area contributed by atoms with Crippen LogP contribution in [-0.4, -0.2) is 29.1 Å². The van der Waals surface area contributed by atoms with Crippen LogP contribution < -0.4 is 10.6 Å². The highest BCUT2D eigenvalue weighted by Gasteiger charge is 2.10. The summed E-state index contributed by atoms with van der Waals surface area (Å²) < 4.78 is 0. The second-order valence-corrected chi connectivity index (χ2v) is 6.22. The van der Waals surface area contributed by atoms with E-state index in [1.165, 1.54) is 11.3 Å². The van der Waals surface area contributed by atoms with Gasteiger partial charge in [-0.1, -0.05) is 12.1 Å². The molecule has 2 rings (SSSR count). The first kappa shape index (κ1) is 17.8. The predicted octanol–water partition coefficient (Wildman–Crippen LogP) is 2.56. The Balaban J connectivity index is 1.62. The van der Waals surface area contributed by atoms with Gasteiger partial charge >= 0.3 is 0 Å². The second-order valence-electron chi connectivity index (χ2n) is 5.27. The van der Waals surface area contributed by atoms with Crippen LogP contribution in [0.5, 0.6) is 0 Å². The molecule has 0 aromatic carbocycles. The fourth-order valence-corrected chi connectivity index (χ4v) is 2.63. The fourth-order valence-electron chi connectivity index (χ4n) is 1.94. The number of rotatable bonds is 8. The van der Waals surface area contributed by atoms with Crippen LogP contribution in [0.25, 0.3) is 0 Å². The summed E-state index contributed by atoms with van der Waals surface area (Å²) in [5.74, 6) is -0.00992. The van der Waals surface area contributed by atoms with Gasteiger partial charge in [0.2, 0.25) is 11.8 Å². The number of anilines is 1. The zero-order valence-corrected chi connectivity index (χ0v) is 14.2. The molecule has 0 fully saturated rings. The number of aromatic nitrogens is 1. The molecule has 2 heterocycles. The lowest BCUT2D eigenvalue weighted by Crippen LogP contribution is -2.28. The van der Waals surface area contributed by atoms with E-state index in [1.807, 2.05) is 18.4 Å². The standard InChI is InChI=1S/C17H19N3O3S/c1-12-4-6-15(19-11-12)20-17(23)8-9-18-16(22)7-5-13(21)14-3-2-10-24-14/h2-4,6,10-11H,5,7-9H2,1H3,(H,18,22)(H,19,20,23). The smallest absolute Gasteiger partial charge is 0.227 e. The molecular formula is C17H19N3O3S. The lowest BCUT2D eigenvalue weighted by Gasteiger charge is -2.06. The van der Waals surface area contributed by atoms with E-state index >= 15 is 0 Å². The maximum atomic E-state index is 11.8. The van der Waals surface area contributed by atoms with Gasteiger partial charge in [0.05, 0.1) is 4.88 Å². The molecule has 0 saturated carbocycles. The summed E-state index contributed by atoms with van der Waals surface area (Å²) in [6, 6.07) is 7.13. The van der Waals surface area contributed by atoms with E-state index in [1.54, 1.807) is 24.4 Å². The first-order valence-electron chi connectivity index (χ1n) is 7.60. The molecule has 0 aliphatic heterocycles. The van der Waals surface area contributed by atoms with Gasteiger partial charge in [0.1, 0.15) is 5.82 Å². The predicted molar refractivity (Wildman–Crippen MR) is 93.1 cm³/mol. The van der Waals surface area contributed by atoms with Crippen molar-refractivity contribution < 1.29 is 14.4 Å². The summed E-state index contributed by atoms with van der Waals surface area (Å²) in [6.07, 6.45) is 2.12. The third-order valence-electron chi connectivity index (χ3n) is 3.23. The summed E-state index contributed by atoms with van der Waals surface area (Å²) >= 11 is 1.37. The number of pyridine rings is 1. The molecule has 2 N–H and O–H groups in total. The minimum absolute atomic E-state index is 0.0386. The third kappa shape index (κ3) is 5.92. The Hall–Kier alpha value is -2.54. The zero-order valence-electron chi connectivity index (χ0n) is 13.4. The maximum Gasteiger partial charge on any atom is 0.227 e. The van der Waals surface area contributed by atoms with E-state index in [-0.39, 0.29) is 43.4 Å². The molecule has 0 saturated heterocycles. The SMILES string of the molecule is Cc1ccc(NC(=O)CCNC(=O)CCC(=O)c2cccs2)nc1. The van der Waals surface area contributed by atoms with E-state index in [4.69, 9.17) is 0 Å². The Morgan fingerprint density at radius 2 is 1.92 bits per heavy atom. The number of nitrogens with one attached hydrogen (secondary N) is 2. The first-order valence-corrected chi connectivity index (χ1v) is 8.48. The molecule has 6 nitrogen and oxygen atoms in total. The van der Waals surface area contributed by atoms with Gasteiger partial charge in [0.25, 0.3) is 0 Å². The number of hydrogen-bond acceptors (Lipinski definition) is 5. The van der Waals surface area contributed by atoms with Crippen LogP contribution in [0.15, 0.2) is 35.8 Å². The van der Waals surface area contributed by atoms with Gasteiger partial charge in [0.15, 0.2) is 5.78 Å². The van der Waals surface area contributed by atoms with Gasteiger partial charge in [-0.05, 0) is 30.0 Å². The first-order chi connectivity index (χ1) is 11.5. The number of ketones is 1. The second kappa shape index (κ2) is 8.93. The minimum atomic E-state index is -0.235. The van der Waals surface area contributed by atoms with Crippen molar-refractivity contribution in [2.24, 2.45) is 0 Å². The van der Waals surface area contributed by atoms with Crippen LogP contribution in [0.2, 0.25) is 0 Å². The average molecular weight is 345 g/mol. The molecule has 0 spiro atoms. The number of hydrogen-bond donors (Lipinski definition) is 2. The molecule has 2 amide bonds. The summed E-state index contributed by atoms with van der Waals surface area (Å²) in [6.45, 7) is 2.14. The third-order valence-corrected chi connectivity index (χ3v) is 4.14. The number of aryl methyl sites for hydroxylation is 1. The normalized spacial score (nSPS) is 10.2. The van der Waals surface area contributed by atoms with E-state index < -0.39 is 0 Å². The Labute approximate surface area is 144 Å². The monoisotopic (exact) mass is 345 g/mol. The highest BCUT2D eigenvalue weighted by molar-refractivity contribution is 7.12. The van der Waals surface area contributed by atoms with Gasteiger partial charge in [-0.2, -0.15) is 0 Å². The van der Waals surface area contributed by atoms with Crippen molar-refractivity contribution in [1.29, 1.82) is 0 Å². The Kier molecular flexibility index (Phi) is 6.62. The van der Waals surface area contributed by atoms with E-state index in [2.05, 4.69) is 15.6 Å². The summed E-state index contributed by atoms with van der Waals surface area (Å²) in [5, 5.41) is 7.13. The zero-order chi connectivity index (χ0) is 17.4. The average Bonchev–Trinajstić information content (AvgIpc) is 3.09. The molecular weight excluding hydrogens is 326 g/mol. The van der Waals surface area contributed by atoms with Gasteiger partial charge in [-0.15, -0.1) is 11.3 Å². The van der Waals surface area contributed by atoms with E-state index in [0.29, 0.717) is 10.7 Å². The molecule has 2 aromatic heterocycles. The molecule has 0 atom stereocenters. The molecule has 0 unspecified atom stereocenters. The van der Waals surface area contributed by atoms with Gasteiger partial charge in [0, 0.05) is 32.0 Å². The lowest BCUT2D eigenvalue weighted by molar-refractivity contribution is -0.121. The molecule has 0 aliphatic rings. The molecule has 0 radical (unpaired) electrons. The van der Waals surface area contributed by atoms with Crippen molar-refractivity contribution in [2.45, 2.75) is 26.2 Å². The van der Waals surface area contributed by atoms with E-state index in [0.717, 1.165) is 5.56 Å². The highest BCUT2D eigenvalue weighted by atomic mass is 32.1.